The van der Waals surface area contributed by atoms with Crippen molar-refractivity contribution in [1.29, 1.82) is 0 Å². The summed E-state index contributed by atoms with van der Waals surface area (Å²) in [4.78, 5) is 0. The molecule has 3 heteroatoms. The van der Waals surface area contributed by atoms with Gasteiger partial charge in [-0.15, -0.1) is 0 Å². The number of hydrogen-bond donors (Lipinski definition) is 0. The van der Waals surface area contributed by atoms with Gasteiger partial charge in [0.15, 0.2) is 13.2 Å². The SMILES string of the molecule is C[n+]1ccc(Cl)cn1. The van der Waals surface area contributed by atoms with Crippen LogP contribution in [0.4, 0.5) is 0 Å². The second-order valence-corrected chi connectivity index (χ2v) is 1.96. The zero-order chi connectivity index (χ0) is 5.98. The maximum Gasteiger partial charge on any atom is 0.197 e. The zero-order valence-electron chi connectivity index (χ0n) is 4.50. The highest BCUT2D eigenvalue weighted by molar-refractivity contribution is 6.30. The lowest BCUT2D eigenvalue weighted by atomic mass is 10.6. The van der Waals surface area contributed by atoms with E-state index in [1.54, 1.807) is 23.1 Å². The van der Waals surface area contributed by atoms with Gasteiger partial charge < -0.3 is 0 Å². The van der Waals surface area contributed by atoms with Crippen molar-refractivity contribution in [1.82, 2.24) is 5.10 Å². The van der Waals surface area contributed by atoms with Crippen molar-refractivity contribution < 1.29 is 4.68 Å². The molecule has 42 valence electrons. The van der Waals surface area contributed by atoms with E-state index in [2.05, 4.69) is 5.10 Å². The molecule has 0 aliphatic heterocycles. The van der Waals surface area contributed by atoms with Crippen LogP contribution in [0.5, 0.6) is 0 Å². The molecule has 0 N–H and O–H groups in total. The normalized spacial score (nSPS) is 9.25. The quantitative estimate of drug-likeness (QED) is 0.468. The molecule has 0 spiro atoms. The van der Waals surface area contributed by atoms with Gasteiger partial charge in [-0.25, -0.2) is 0 Å². The predicted octanol–water partition coefficient (Wildman–Crippen LogP) is 0.559. The van der Waals surface area contributed by atoms with E-state index in [1.807, 2.05) is 7.05 Å². The van der Waals surface area contributed by atoms with Crippen LogP contribution in [0.2, 0.25) is 5.02 Å². The number of aromatic nitrogens is 2. The summed E-state index contributed by atoms with van der Waals surface area (Å²) >= 11 is 5.54. The first kappa shape index (κ1) is 5.51. The highest BCUT2D eigenvalue weighted by atomic mass is 35.5. The van der Waals surface area contributed by atoms with E-state index in [9.17, 15) is 0 Å². The van der Waals surface area contributed by atoms with Crippen LogP contribution in [0, 0.1) is 0 Å². The Balaban J connectivity index is 3.03. The summed E-state index contributed by atoms with van der Waals surface area (Å²) in [6, 6.07) is 1.79. The molecular formula is C5H6ClN2+. The standard InChI is InChI=1S/C5H6ClN2/c1-8-3-2-5(6)4-7-8/h2-4H,1H3/q+1. The van der Waals surface area contributed by atoms with Crippen LogP contribution in [0.25, 0.3) is 0 Å². The van der Waals surface area contributed by atoms with Crippen molar-refractivity contribution in [2.75, 3.05) is 0 Å². The van der Waals surface area contributed by atoms with Crippen molar-refractivity contribution in [3.05, 3.63) is 23.5 Å². The van der Waals surface area contributed by atoms with E-state index < -0.39 is 0 Å². The van der Waals surface area contributed by atoms with Crippen molar-refractivity contribution in [3.8, 4) is 0 Å². The molecule has 0 atom stereocenters. The lowest BCUT2D eigenvalue weighted by Gasteiger charge is -1.80. The van der Waals surface area contributed by atoms with Gasteiger partial charge in [-0.2, -0.15) is 0 Å². The minimum atomic E-state index is 0.670. The molecule has 0 radical (unpaired) electrons. The molecule has 0 aromatic carbocycles. The lowest BCUT2D eigenvalue weighted by molar-refractivity contribution is -0.730. The minimum absolute atomic E-state index is 0.670. The van der Waals surface area contributed by atoms with Crippen LogP contribution in [0.3, 0.4) is 0 Å². The zero-order valence-corrected chi connectivity index (χ0v) is 5.26. The molecule has 1 aromatic rings. The van der Waals surface area contributed by atoms with Gasteiger partial charge in [-0.3, -0.25) is 0 Å². The fourth-order valence-electron chi connectivity index (χ4n) is 0.407. The fourth-order valence-corrected chi connectivity index (χ4v) is 0.507. The number of rotatable bonds is 0. The first-order chi connectivity index (χ1) is 3.79. The Hall–Kier alpha value is -0.630. The predicted molar refractivity (Wildman–Crippen MR) is 30.4 cm³/mol. The van der Waals surface area contributed by atoms with Crippen LogP contribution >= 0.6 is 11.6 Å². The fraction of sp³-hybridized carbons (Fsp3) is 0.200. The van der Waals surface area contributed by atoms with Gasteiger partial charge in [0.05, 0.1) is 5.02 Å². The molecule has 0 amide bonds. The smallest absolute Gasteiger partial charge is 0.0940 e. The molecule has 0 saturated heterocycles. The largest absolute Gasteiger partial charge is 0.197 e. The van der Waals surface area contributed by atoms with Crippen LogP contribution in [-0.2, 0) is 7.05 Å². The second-order valence-electron chi connectivity index (χ2n) is 1.52. The average Bonchev–Trinajstić information content (AvgIpc) is 1.77. The molecule has 0 aliphatic carbocycles. The number of nitrogens with zero attached hydrogens (tertiary/aromatic N) is 2. The Bertz CT molecular complexity index is 149. The lowest BCUT2D eigenvalue weighted by Crippen LogP contribution is -2.31. The second kappa shape index (κ2) is 2.09. The Morgan fingerprint density at radius 3 is 2.88 bits per heavy atom. The molecule has 0 fully saturated rings. The van der Waals surface area contributed by atoms with E-state index in [4.69, 9.17) is 11.6 Å². The number of halogens is 1. The topological polar surface area (TPSA) is 16.8 Å². The van der Waals surface area contributed by atoms with Gasteiger partial charge in [-0.1, -0.05) is 16.3 Å². The van der Waals surface area contributed by atoms with Crippen LogP contribution < -0.4 is 4.68 Å². The summed E-state index contributed by atoms with van der Waals surface area (Å²) in [5.74, 6) is 0. The minimum Gasteiger partial charge on any atom is -0.0940 e. The molecule has 1 heterocycles. The van der Waals surface area contributed by atoms with Gasteiger partial charge in [0.1, 0.15) is 6.20 Å². The van der Waals surface area contributed by atoms with Gasteiger partial charge in [0.25, 0.3) is 0 Å². The van der Waals surface area contributed by atoms with E-state index in [1.165, 1.54) is 0 Å². The van der Waals surface area contributed by atoms with Crippen LogP contribution in [0.15, 0.2) is 18.5 Å². The van der Waals surface area contributed by atoms with Gasteiger partial charge >= 0.3 is 0 Å². The molecule has 0 saturated carbocycles. The molecule has 1 aromatic heterocycles. The third kappa shape index (κ3) is 1.17. The molecule has 2 nitrogen and oxygen atoms in total. The average molecular weight is 130 g/mol. The van der Waals surface area contributed by atoms with E-state index in [0.29, 0.717) is 5.02 Å². The van der Waals surface area contributed by atoms with Gasteiger partial charge in [-0.05, 0) is 5.10 Å². The highest BCUT2D eigenvalue weighted by Gasteiger charge is 1.89. The summed E-state index contributed by atoms with van der Waals surface area (Å²) < 4.78 is 1.69. The van der Waals surface area contributed by atoms with Crippen LogP contribution in [0.1, 0.15) is 0 Å². The first-order valence-corrected chi connectivity index (χ1v) is 2.64. The molecule has 0 aliphatic rings. The van der Waals surface area contributed by atoms with Crippen molar-refractivity contribution in [2.24, 2.45) is 7.05 Å². The Morgan fingerprint density at radius 2 is 2.50 bits per heavy atom. The number of aryl methyl sites for hydroxylation is 1. The third-order valence-electron chi connectivity index (χ3n) is 0.813. The molecule has 8 heavy (non-hydrogen) atoms. The molecule has 0 bridgehead atoms. The van der Waals surface area contributed by atoms with E-state index >= 15 is 0 Å². The summed E-state index contributed by atoms with van der Waals surface area (Å²) in [7, 11) is 1.84. The maximum atomic E-state index is 5.54. The maximum absolute atomic E-state index is 5.54. The summed E-state index contributed by atoms with van der Waals surface area (Å²) in [6.45, 7) is 0. The Morgan fingerprint density at radius 1 is 1.75 bits per heavy atom. The van der Waals surface area contributed by atoms with Gasteiger partial charge in [0.2, 0.25) is 0 Å². The van der Waals surface area contributed by atoms with Crippen molar-refractivity contribution >= 4 is 11.6 Å². The molecule has 1 rings (SSSR count). The van der Waals surface area contributed by atoms with E-state index in [-0.39, 0.29) is 0 Å². The van der Waals surface area contributed by atoms with Crippen molar-refractivity contribution in [2.45, 2.75) is 0 Å². The monoisotopic (exact) mass is 129 g/mol. The van der Waals surface area contributed by atoms with Crippen LogP contribution in [-0.4, -0.2) is 5.10 Å². The number of hydrogen-bond acceptors (Lipinski definition) is 1. The van der Waals surface area contributed by atoms with Gasteiger partial charge in [0, 0.05) is 6.07 Å². The Labute approximate surface area is 52.7 Å². The molecular weight excluding hydrogens is 124 g/mol. The summed E-state index contributed by atoms with van der Waals surface area (Å²) in [6.07, 6.45) is 3.39. The van der Waals surface area contributed by atoms with Crippen molar-refractivity contribution in [3.63, 3.8) is 0 Å². The first-order valence-electron chi connectivity index (χ1n) is 2.26. The van der Waals surface area contributed by atoms with E-state index in [0.717, 1.165) is 0 Å². The summed E-state index contributed by atoms with van der Waals surface area (Å²) in [5, 5.41) is 4.53. The summed E-state index contributed by atoms with van der Waals surface area (Å²) in [5.41, 5.74) is 0. The Kier molecular flexibility index (Phi) is 1.44. The highest BCUT2D eigenvalue weighted by Crippen LogP contribution is 1.98. The molecule has 0 unspecified atom stereocenters. The third-order valence-corrected chi connectivity index (χ3v) is 1.04.